The molecule has 6 rings (SSSR count). The normalized spacial score (nSPS) is 18.4. The van der Waals surface area contributed by atoms with Crippen LogP contribution in [0.2, 0.25) is 0 Å². The zero-order valence-corrected chi connectivity index (χ0v) is 28.8. The highest BCUT2D eigenvalue weighted by Crippen LogP contribution is 2.68. The minimum absolute atomic E-state index is 0.503. The van der Waals surface area contributed by atoms with Crippen LogP contribution in [0.25, 0.3) is 22.3 Å². The van der Waals surface area contributed by atoms with Crippen molar-refractivity contribution in [3.05, 3.63) is 147 Å². The molecule has 5 aromatic rings. The Hall–Kier alpha value is -3.47. The fraction of sp³-hybridized carbons (Fsp3) is 0.302. The summed E-state index contributed by atoms with van der Waals surface area (Å²) < 4.78 is 0. The summed E-state index contributed by atoms with van der Waals surface area (Å²) in [6.45, 7) is 18.5. The first-order valence-electron chi connectivity index (χ1n) is 16.4. The van der Waals surface area contributed by atoms with E-state index in [0.29, 0.717) is 11.3 Å². The van der Waals surface area contributed by atoms with Crippen LogP contribution >= 0.6 is 7.92 Å². The van der Waals surface area contributed by atoms with Crippen molar-refractivity contribution in [1.29, 1.82) is 0 Å². The summed E-state index contributed by atoms with van der Waals surface area (Å²) in [4.78, 5) is 0. The Kier molecular flexibility index (Phi) is 8.68. The van der Waals surface area contributed by atoms with Crippen LogP contribution in [0.3, 0.4) is 0 Å². The van der Waals surface area contributed by atoms with Crippen molar-refractivity contribution in [2.24, 2.45) is 0 Å². The van der Waals surface area contributed by atoms with Crippen LogP contribution in [0.15, 0.2) is 91.0 Å². The molecular weight excluding hydrogens is 547 g/mol. The molecule has 1 heterocycles. The minimum Gasteiger partial charge on any atom is -0.0622 e. The Morgan fingerprint density at radius 2 is 0.818 bits per heavy atom. The topological polar surface area (TPSA) is 0 Å². The molecule has 1 aliphatic rings. The molecule has 0 N–H and O–H groups in total. The van der Waals surface area contributed by atoms with Crippen LogP contribution in [-0.4, -0.2) is 0 Å². The lowest BCUT2D eigenvalue weighted by Crippen LogP contribution is -2.22. The Morgan fingerprint density at radius 1 is 0.455 bits per heavy atom. The van der Waals surface area contributed by atoms with E-state index in [1.54, 1.807) is 5.30 Å². The van der Waals surface area contributed by atoms with Crippen molar-refractivity contribution in [2.45, 2.75) is 86.0 Å². The second-order valence-corrected chi connectivity index (χ2v) is 15.7. The van der Waals surface area contributed by atoms with Gasteiger partial charge in [-0.05, 0) is 151 Å². The summed E-state index contributed by atoms with van der Waals surface area (Å²) in [6, 6.07) is 35.0. The summed E-state index contributed by atoms with van der Waals surface area (Å²) in [5.41, 5.74) is 21.0. The highest BCUT2D eigenvalue weighted by atomic mass is 31.1. The van der Waals surface area contributed by atoms with Gasteiger partial charge in [-0.2, -0.15) is 0 Å². The molecule has 2 atom stereocenters. The standard InChI is InChI=1S/C43H47P/c1-27-25-28(2)32(6)41(31(27)5)37-21-15-22-38(42-33(7)29(3)26-30(4)34(42)8)43(37)44-39(35-17-11-9-12-18-35)23-16-24-40(44)36-19-13-10-14-20-36/h9-15,17-22,25-26,39-40H,16,23-24H2,1-8H3. The molecule has 0 aromatic heterocycles. The third kappa shape index (κ3) is 5.37. The van der Waals surface area contributed by atoms with E-state index in [0.717, 1.165) is 0 Å². The quantitative estimate of drug-likeness (QED) is 0.178. The van der Waals surface area contributed by atoms with Gasteiger partial charge in [-0.1, -0.05) is 105 Å². The molecule has 0 saturated carbocycles. The zero-order chi connectivity index (χ0) is 31.1. The average Bonchev–Trinajstić information content (AvgIpc) is 3.04. The zero-order valence-electron chi connectivity index (χ0n) is 27.9. The predicted molar refractivity (Wildman–Crippen MR) is 194 cm³/mol. The minimum atomic E-state index is -0.623. The van der Waals surface area contributed by atoms with Gasteiger partial charge in [0, 0.05) is 11.3 Å². The Morgan fingerprint density at radius 3 is 1.18 bits per heavy atom. The maximum absolute atomic E-state index is 2.46. The Labute approximate surface area is 267 Å². The van der Waals surface area contributed by atoms with E-state index in [1.165, 1.54) is 97.2 Å². The fourth-order valence-corrected chi connectivity index (χ4v) is 11.7. The molecule has 1 saturated heterocycles. The van der Waals surface area contributed by atoms with E-state index >= 15 is 0 Å². The Balaban J connectivity index is 1.77. The van der Waals surface area contributed by atoms with Gasteiger partial charge in [0.05, 0.1) is 0 Å². The summed E-state index contributed by atoms with van der Waals surface area (Å²) in [5, 5.41) is 1.61. The molecular formula is C43H47P. The van der Waals surface area contributed by atoms with Gasteiger partial charge in [0.1, 0.15) is 0 Å². The SMILES string of the molecule is Cc1cc(C)c(C)c(-c2cccc(-c3c(C)c(C)cc(C)c3C)c2P2C(c3ccccc3)CCCC2c2ccccc2)c1C. The summed E-state index contributed by atoms with van der Waals surface area (Å²) in [5.74, 6) is 0. The highest BCUT2D eigenvalue weighted by molar-refractivity contribution is 7.67. The molecule has 44 heavy (non-hydrogen) atoms. The largest absolute Gasteiger partial charge is 0.0622 e. The van der Waals surface area contributed by atoms with E-state index in [9.17, 15) is 0 Å². The number of hydrogen-bond donors (Lipinski definition) is 0. The van der Waals surface area contributed by atoms with Gasteiger partial charge < -0.3 is 0 Å². The fourth-order valence-electron chi connectivity index (χ4n) is 7.78. The van der Waals surface area contributed by atoms with Gasteiger partial charge >= 0.3 is 0 Å². The highest BCUT2D eigenvalue weighted by Gasteiger charge is 2.39. The van der Waals surface area contributed by atoms with Crippen molar-refractivity contribution < 1.29 is 0 Å². The summed E-state index contributed by atoms with van der Waals surface area (Å²) in [7, 11) is -0.623. The van der Waals surface area contributed by atoms with Crippen LogP contribution in [0.1, 0.15) is 86.2 Å². The van der Waals surface area contributed by atoms with Gasteiger partial charge in [0.25, 0.3) is 0 Å². The molecule has 0 bridgehead atoms. The van der Waals surface area contributed by atoms with E-state index < -0.39 is 7.92 Å². The van der Waals surface area contributed by atoms with Crippen molar-refractivity contribution in [2.75, 3.05) is 0 Å². The molecule has 0 aliphatic carbocycles. The van der Waals surface area contributed by atoms with Crippen LogP contribution < -0.4 is 5.30 Å². The van der Waals surface area contributed by atoms with Crippen LogP contribution in [0.4, 0.5) is 0 Å². The first kappa shape index (κ1) is 30.6. The molecule has 0 amide bonds. The molecule has 0 spiro atoms. The van der Waals surface area contributed by atoms with E-state index in [-0.39, 0.29) is 0 Å². The predicted octanol–water partition coefficient (Wildman–Crippen LogP) is 12.3. The van der Waals surface area contributed by atoms with Gasteiger partial charge in [-0.3, -0.25) is 0 Å². The summed E-state index contributed by atoms with van der Waals surface area (Å²) >= 11 is 0. The summed E-state index contributed by atoms with van der Waals surface area (Å²) in [6.07, 6.45) is 3.74. The number of aryl methyl sites for hydroxylation is 4. The lowest BCUT2D eigenvalue weighted by molar-refractivity contribution is 0.616. The van der Waals surface area contributed by atoms with Gasteiger partial charge in [-0.15, -0.1) is 0 Å². The van der Waals surface area contributed by atoms with Crippen LogP contribution in [0.5, 0.6) is 0 Å². The molecule has 1 aliphatic heterocycles. The third-order valence-electron chi connectivity index (χ3n) is 10.6. The molecule has 2 unspecified atom stereocenters. The van der Waals surface area contributed by atoms with E-state index in [1.807, 2.05) is 0 Å². The maximum Gasteiger partial charge on any atom is 0.00878 e. The molecule has 0 nitrogen and oxygen atoms in total. The first-order chi connectivity index (χ1) is 21.2. The molecule has 1 fully saturated rings. The molecule has 0 radical (unpaired) electrons. The van der Waals surface area contributed by atoms with Gasteiger partial charge in [0.2, 0.25) is 0 Å². The number of benzene rings is 5. The molecule has 1 heteroatoms. The average molecular weight is 595 g/mol. The lowest BCUT2D eigenvalue weighted by atomic mass is 9.85. The number of rotatable bonds is 5. The number of hydrogen-bond acceptors (Lipinski definition) is 0. The van der Waals surface area contributed by atoms with Gasteiger partial charge in [0.15, 0.2) is 0 Å². The lowest BCUT2D eigenvalue weighted by Gasteiger charge is -2.42. The van der Waals surface area contributed by atoms with Crippen molar-refractivity contribution in [3.63, 3.8) is 0 Å². The van der Waals surface area contributed by atoms with E-state index in [2.05, 4.69) is 146 Å². The van der Waals surface area contributed by atoms with E-state index in [4.69, 9.17) is 0 Å². The second kappa shape index (κ2) is 12.5. The van der Waals surface area contributed by atoms with Crippen molar-refractivity contribution >= 4 is 13.2 Å². The molecule has 224 valence electrons. The molecule has 5 aromatic carbocycles. The smallest absolute Gasteiger partial charge is 0.00878 e. The second-order valence-electron chi connectivity index (χ2n) is 13.2. The third-order valence-corrected chi connectivity index (χ3v) is 14.0. The van der Waals surface area contributed by atoms with Crippen molar-refractivity contribution in [3.8, 4) is 22.3 Å². The first-order valence-corrected chi connectivity index (χ1v) is 17.8. The Bertz CT molecular complexity index is 1630. The van der Waals surface area contributed by atoms with Crippen LogP contribution in [0, 0.1) is 55.4 Å². The van der Waals surface area contributed by atoms with Crippen LogP contribution in [-0.2, 0) is 0 Å². The van der Waals surface area contributed by atoms with Gasteiger partial charge in [-0.25, -0.2) is 0 Å². The maximum atomic E-state index is 2.46. The monoisotopic (exact) mass is 594 g/mol. The van der Waals surface area contributed by atoms with Crippen molar-refractivity contribution in [1.82, 2.24) is 0 Å².